The highest BCUT2D eigenvalue weighted by molar-refractivity contribution is 7.90. The number of hydrogen-bond donors (Lipinski definition) is 2. The van der Waals surface area contributed by atoms with Crippen molar-refractivity contribution in [3.05, 3.63) is 94.3 Å². The lowest BCUT2D eigenvalue weighted by Crippen LogP contribution is -2.49. The van der Waals surface area contributed by atoms with E-state index in [-0.39, 0.29) is 23.3 Å². The summed E-state index contributed by atoms with van der Waals surface area (Å²) in [5.74, 6) is -0.410. The zero-order valence-corrected chi connectivity index (χ0v) is 27.8. The maximum absolute atomic E-state index is 13.4. The Morgan fingerprint density at radius 1 is 1.09 bits per heavy atom. The number of aromatic nitrogens is 2. The van der Waals surface area contributed by atoms with E-state index in [9.17, 15) is 18.3 Å². The SMILES string of the molecule is C[C@@H]1[C@@H](C)C/C=C/[C@@](O)(c2cccnn2)[C@@H]2CC[C@H]2CN2CCCCc3cc(Cl)ccc3COc3ccc(cc32)C(=O)NS1(=O)=O. The Bertz CT molecular complexity index is 1720. The lowest BCUT2D eigenvalue weighted by molar-refractivity contribution is -0.0533. The van der Waals surface area contributed by atoms with Gasteiger partial charge in [0.2, 0.25) is 10.0 Å². The summed E-state index contributed by atoms with van der Waals surface area (Å²) in [5.41, 5.74) is 2.27. The zero-order chi connectivity index (χ0) is 32.5. The van der Waals surface area contributed by atoms with Gasteiger partial charge in [-0.3, -0.25) is 4.79 Å². The van der Waals surface area contributed by atoms with Gasteiger partial charge in [0.1, 0.15) is 18.0 Å². The minimum Gasteiger partial charge on any atom is -0.487 e. The Labute approximate surface area is 276 Å². The molecule has 3 heterocycles. The molecule has 2 aliphatic heterocycles. The molecule has 1 aromatic heterocycles. The van der Waals surface area contributed by atoms with Crippen LogP contribution in [-0.4, -0.2) is 48.0 Å². The summed E-state index contributed by atoms with van der Waals surface area (Å²) in [6, 6.07) is 14.5. The van der Waals surface area contributed by atoms with Crippen LogP contribution in [0.2, 0.25) is 5.02 Å². The molecule has 3 aromatic rings. The van der Waals surface area contributed by atoms with Gasteiger partial charge in [0.05, 0.1) is 16.6 Å². The summed E-state index contributed by atoms with van der Waals surface area (Å²) in [7, 11) is -4.00. The molecule has 1 fully saturated rings. The van der Waals surface area contributed by atoms with Crippen molar-refractivity contribution >= 4 is 33.2 Å². The number of ether oxygens (including phenoxy) is 1. The number of hydrogen-bond acceptors (Lipinski definition) is 8. The van der Waals surface area contributed by atoms with Crippen molar-refractivity contribution in [1.29, 1.82) is 0 Å². The number of halogens is 1. The first kappa shape index (κ1) is 32.5. The highest BCUT2D eigenvalue weighted by Crippen LogP contribution is 2.48. The molecule has 6 rings (SSSR count). The van der Waals surface area contributed by atoms with Crippen LogP contribution in [0.1, 0.15) is 73.1 Å². The van der Waals surface area contributed by atoms with Gasteiger partial charge in [-0.15, -0.1) is 0 Å². The number of allylic oxidation sites excluding steroid dienone is 1. The van der Waals surface area contributed by atoms with Crippen molar-refractivity contribution in [2.24, 2.45) is 17.8 Å². The molecule has 0 radical (unpaired) electrons. The van der Waals surface area contributed by atoms with E-state index in [1.807, 2.05) is 31.2 Å². The fourth-order valence-electron chi connectivity index (χ4n) is 6.88. The normalized spacial score (nSPS) is 29.0. The molecule has 3 aliphatic rings. The molecule has 5 atom stereocenters. The average Bonchev–Trinajstić information content (AvgIpc) is 3.05. The summed E-state index contributed by atoms with van der Waals surface area (Å²) in [6.07, 6.45) is 9.98. The molecule has 1 saturated carbocycles. The van der Waals surface area contributed by atoms with Crippen LogP contribution in [0.4, 0.5) is 5.69 Å². The number of benzene rings is 2. The summed E-state index contributed by atoms with van der Waals surface area (Å²) in [6.45, 7) is 5.06. The number of carbonyl (C=O) groups excluding carboxylic acids is 1. The second kappa shape index (κ2) is 13.3. The van der Waals surface area contributed by atoms with E-state index in [4.69, 9.17) is 16.3 Å². The minimum absolute atomic E-state index is 0.118. The van der Waals surface area contributed by atoms with E-state index < -0.39 is 26.8 Å². The van der Waals surface area contributed by atoms with Crippen LogP contribution in [0.5, 0.6) is 5.75 Å². The van der Waals surface area contributed by atoms with Gasteiger partial charge in [0.15, 0.2) is 0 Å². The average molecular weight is 665 g/mol. The molecule has 1 aliphatic carbocycles. The van der Waals surface area contributed by atoms with Crippen LogP contribution < -0.4 is 14.4 Å². The lowest BCUT2D eigenvalue weighted by atomic mass is 9.63. The van der Waals surface area contributed by atoms with Crippen LogP contribution in [0, 0.1) is 17.8 Å². The summed E-state index contributed by atoms with van der Waals surface area (Å²) in [5, 5.41) is 20.5. The largest absolute Gasteiger partial charge is 0.487 e. The van der Waals surface area contributed by atoms with Crippen molar-refractivity contribution in [3.8, 4) is 5.75 Å². The third kappa shape index (κ3) is 6.66. The Balaban J connectivity index is 1.43. The van der Waals surface area contributed by atoms with Crippen molar-refractivity contribution in [1.82, 2.24) is 14.9 Å². The van der Waals surface area contributed by atoms with Gasteiger partial charge in [-0.25, -0.2) is 13.1 Å². The lowest BCUT2D eigenvalue weighted by Gasteiger charge is -2.47. The van der Waals surface area contributed by atoms with E-state index in [2.05, 4.69) is 19.8 Å². The summed E-state index contributed by atoms with van der Waals surface area (Å²) < 4.78 is 35.5. The second-order valence-electron chi connectivity index (χ2n) is 13.0. The standard InChI is InChI=1S/C35H41ClN4O5S/c1-23-7-5-16-35(42,33-9-6-17-37-38-33)30-14-11-27(30)21-40-18-4-3-8-25-19-29(36)13-10-28(25)22-45-32-15-12-26(20-31(32)40)34(41)39-46(43,44)24(23)2/h5-6,9-10,12-13,15-17,19-20,23-24,27,30,42H,3-4,7-8,11,14,18,21-22H2,1-2H3,(H,39,41)/b16-5+/t23-,24+,27-,30+,35-/m0/s1. The van der Waals surface area contributed by atoms with Crippen LogP contribution in [0.25, 0.3) is 0 Å². The number of nitrogens with one attached hydrogen (secondary N) is 1. The van der Waals surface area contributed by atoms with Gasteiger partial charge in [-0.05, 0) is 111 Å². The monoisotopic (exact) mass is 664 g/mol. The summed E-state index contributed by atoms with van der Waals surface area (Å²) in [4.78, 5) is 15.7. The number of carbonyl (C=O) groups is 1. The molecule has 11 heteroatoms. The molecule has 9 nitrogen and oxygen atoms in total. The number of anilines is 1. The van der Waals surface area contributed by atoms with E-state index >= 15 is 0 Å². The Morgan fingerprint density at radius 3 is 2.70 bits per heavy atom. The van der Waals surface area contributed by atoms with Gasteiger partial charge >= 0.3 is 0 Å². The van der Waals surface area contributed by atoms with Crippen molar-refractivity contribution < 1.29 is 23.1 Å². The molecule has 2 N–H and O–H groups in total. The van der Waals surface area contributed by atoms with Crippen LogP contribution in [0.3, 0.4) is 0 Å². The molecule has 1 amide bonds. The molecule has 244 valence electrons. The topological polar surface area (TPSA) is 122 Å². The van der Waals surface area contributed by atoms with E-state index in [0.717, 1.165) is 48.9 Å². The van der Waals surface area contributed by atoms with Crippen LogP contribution >= 0.6 is 11.6 Å². The molecular formula is C35H41ClN4O5S. The quantitative estimate of drug-likeness (QED) is 0.313. The van der Waals surface area contributed by atoms with Crippen molar-refractivity contribution in [2.45, 2.75) is 69.8 Å². The van der Waals surface area contributed by atoms with Gasteiger partial charge in [-0.1, -0.05) is 36.7 Å². The first-order valence-corrected chi connectivity index (χ1v) is 18.0. The van der Waals surface area contributed by atoms with Crippen molar-refractivity contribution in [3.63, 3.8) is 0 Å². The van der Waals surface area contributed by atoms with Gasteiger partial charge in [-0.2, -0.15) is 10.2 Å². The Morgan fingerprint density at radius 2 is 1.93 bits per heavy atom. The maximum atomic E-state index is 13.4. The molecule has 46 heavy (non-hydrogen) atoms. The zero-order valence-electron chi connectivity index (χ0n) is 26.2. The Kier molecular flexibility index (Phi) is 9.41. The smallest absolute Gasteiger partial charge is 0.264 e. The third-order valence-corrected chi connectivity index (χ3v) is 12.2. The first-order chi connectivity index (χ1) is 22.0. The van der Waals surface area contributed by atoms with Crippen LogP contribution in [0.15, 0.2) is 66.9 Å². The fourth-order valence-corrected chi connectivity index (χ4v) is 8.36. The molecule has 0 unspecified atom stereocenters. The van der Waals surface area contributed by atoms with E-state index in [0.29, 0.717) is 42.6 Å². The van der Waals surface area contributed by atoms with Gasteiger partial charge in [0, 0.05) is 35.8 Å². The van der Waals surface area contributed by atoms with Gasteiger partial charge in [0.25, 0.3) is 5.91 Å². The number of aryl methyl sites for hydroxylation is 1. The predicted octanol–water partition coefficient (Wildman–Crippen LogP) is 5.81. The highest BCUT2D eigenvalue weighted by Gasteiger charge is 2.48. The minimum atomic E-state index is -4.00. The first-order valence-electron chi connectivity index (χ1n) is 16.1. The molecule has 2 bridgehead atoms. The number of sulfonamides is 1. The van der Waals surface area contributed by atoms with Crippen molar-refractivity contribution in [2.75, 3.05) is 18.0 Å². The number of nitrogens with zero attached hydrogens (tertiary/aromatic N) is 3. The molecule has 0 saturated heterocycles. The number of rotatable bonds is 1. The predicted molar refractivity (Wildman–Crippen MR) is 178 cm³/mol. The second-order valence-corrected chi connectivity index (χ2v) is 15.4. The van der Waals surface area contributed by atoms with E-state index in [1.165, 1.54) is 0 Å². The molecule has 0 spiro atoms. The number of aliphatic hydroxyl groups is 1. The fraction of sp³-hybridized carbons (Fsp3) is 0.457. The number of amides is 1. The summed E-state index contributed by atoms with van der Waals surface area (Å²) >= 11 is 6.34. The highest BCUT2D eigenvalue weighted by atomic mass is 35.5. The molecule has 2 aromatic carbocycles. The third-order valence-electron chi connectivity index (χ3n) is 10.1. The van der Waals surface area contributed by atoms with Gasteiger partial charge < -0.3 is 14.7 Å². The van der Waals surface area contributed by atoms with Crippen LogP contribution in [-0.2, 0) is 28.7 Å². The maximum Gasteiger partial charge on any atom is 0.264 e. The molecular weight excluding hydrogens is 624 g/mol. The number of fused-ring (bicyclic) bond motifs is 3. The Hall–Kier alpha value is -3.47. The van der Waals surface area contributed by atoms with E-state index in [1.54, 1.807) is 49.5 Å².